The molecule has 180 valence electrons. The highest BCUT2D eigenvalue weighted by atomic mass is 16.5. The number of carbonyl (C=O) groups excluding carboxylic acids is 3. The first-order valence-electron chi connectivity index (χ1n) is 11.9. The van der Waals surface area contributed by atoms with Gasteiger partial charge in [-0.15, -0.1) is 0 Å². The van der Waals surface area contributed by atoms with E-state index in [1.54, 1.807) is 35.2 Å². The van der Waals surface area contributed by atoms with Crippen molar-refractivity contribution in [3.8, 4) is 11.3 Å². The number of nitrogens with one attached hydrogen (secondary N) is 1. The molecule has 5 rings (SSSR count). The molecule has 0 aliphatic carbocycles. The maximum absolute atomic E-state index is 13.5. The minimum atomic E-state index is -0.664. The first kappa shape index (κ1) is 23.2. The van der Waals surface area contributed by atoms with Gasteiger partial charge in [-0.3, -0.25) is 9.59 Å². The largest absolute Gasteiger partial charge is 0.452 e. The summed E-state index contributed by atoms with van der Waals surface area (Å²) in [7, 11) is 0. The Kier molecular flexibility index (Phi) is 6.71. The number of para-hydroxylation sites is 2. The van der Waals surface area contributed by atoms with E-state index in [-0.39, 0.29) is 24.0 Å². The number of pyridine rings is 1. The quantitative estimate of drug-likeness (QED) is 0.396. The lowest BCUT2D eigenvalue weighted by molar-refractivity contribution is -0.133. The van der Waals surface area contributed by atoms with Gasteiger partial charge >= 0.3 is 5.97 Å². The first-order chi connectivity index (χ1) is 17.6. The Morgan fingerprint density at radius 2 is 1.53 bits per heavy atom. The van der Waals surface area contributed by atoms with Crippen molar-refractivity contribution in [1.82, 2.24) is 9.88 Å². The smallest absolute Gasteiger partial charge is 0.340 e. The SMILES string of the molecule is O=C(OCC(=O)N1CCCC1)c1ccccc1NC(=O)c1cc(-c2ccccc2)nc2ccccc12. The van der Waals surface area contributed by atoms with Crippen LogP contribution in [0.4, 0.5) is 5.69 Å². The van der Waals surface area contributed by atoms with Crippen LogP contribution in [-0.2, 0) is 9.53 Å². The molecule has 7 heteroatoms. The number of anilines is 1. The molecular weight excluding hydrogens is 454 g/mol. The molecule has 0 atom stereocenters. The molecule has 0 bridgehead atoms. The summed E-state index contributed by atoms with van der Waals surface area (Å²) in [4.78, 5) is 45.0. The molecule has 3 aromatic carbocycles. The van der Waals surface area contributed by atoms with Crippen LogP contribution >= 0.6 is 0 Å². The first-order valence-corrected chi connectivity index (χ1v) is 11.9. The molecular formula is C29H25N3O4. The number of esters is 1. The van der Waals surface area contributed by atoms with Gasteiger partial charge in [0.1, 0.15) is 0 Å². The van der Waals surface area contributed by atoms with Crippen LogP contribution in [0.2, 0.25) is 0 Å². The Hall–Kier alpha value is -4.52. The summed E-state index contributed by atoms with van der Waals surface area (Å²) in [6.07, 6.45) is 1.93. The van der Waals surface area contributed by atoms with Crippen molar-refractivity contribution in [2.75, 3.05) is 25.0 Å². The number of aromatic nitrogens is 1. The Labute approximate surface area is 208 Å². The average molecular weight is 480 g/mol. The van der Waals surface area contributed by atoms with Crippen molar-refractivity contribution in [3.63, 3.8) is 0 Å². The minimum absolute atomic E-state index is 0.182. The number of benzene rings is 3. The summed E-state index contributed by atoms with van der Waals surface area (Å²) >= 11 is 0. The van der Waals surface area contributed by atoms with E-state index in [4.69, 9.17) is 9.72 Å². The fourth-order valence-electron chi connectivity index (χ4n) is 4.34. The van der Waals surface area contributed by atoms with Crippen molar-refractivity contribution in [3.05, 3.63) is 96.1 Å². The van der Waals surface area contributed by atoms with Crippen molar-refractivity contribution >= 4 is 34.4 Å². The highest BCUT2D eigenvalue weighted by Gasteiger charge is 2.22. The number of hydrogen-bond donors (Lipinski definition) is 1. The Balaban J connectivity index is 1.40. The average Bonchev–Trinajstić information content (AvgIpc) is 3.47. The number of hydrogen-bond acceptors (Lipinski definition) is 5. The van der Waals surface area contributed by atoms with Gasteiger partial charge in [0.2, 0.25) is 0 Å². The lowest BCUT2D eigenvalue weighted by Gasteiger charge is -2.16. The highest BCUT2D eigenvalue weighted by Crippen LogP contribution is 2.26. The van der Waals surface area contributed by atoms with Crippen molar-refractivity contribution < 1.29 is 19.1 Å². The van der Waals surface area contributed by atoms with Crippen LogP contribution in [0.1, 0.15) is 33.6 Å². The minimum Gasteiger partial charge on any atom is -0.452 e. The standard InChI is InChI=1S/C29H25N3O4/c33-27(32-16-8-9-17-32)19-36-29(35)22-13-5-7-15-25(22)31-28(34)23-18-26(20-10-2-1-3-11-20)30-24-14-6-4-12-21(23)24/h1-7,10-15,18H,8-9,16-17,19H2,(H,31,34). The van der Waals surface area contributed by atoms with E-state index < -0.39 is 5.97 Å². The second-order valence-corrected chi connectivity index (χ2v) is 8.60. The second kappa shape index (κ2) is 10.4. The third-order valence-corrected chi connectivity index (χ3v) is 6.21. The molecule has 1 aliphatic heterocycles. The van der Waals surface area contributed by atoms with Gasteiger partial charge in [-0.05, 0) is 37.1 Å². The predicted octanol–water partition coefficient (Wildman–Crippen LogP) is 4.93. The number of likely N-dealkylation sites (tertiary alicyclic amines) is 1. The maximum atomic E-state index is 13.5. The van der Waals surface area contributed by atoms with Crippen LogP contribution in [-0.4, -0.2) is 47.4 Å². The third-order valence-electron chi connectivity index (χ3n) is 6.21. The maximum Gasteiger partial charge on any atom is 0.340 e. The number of carbonyl (C=O) groups is 3. The molecule has 36 heavy (non-hydrogen) atoms. The summed E-state index contributed by atoms with van der Waals surface area (Å²) in [6.45, 7) is 1.05. The zero-order valence-electron chi connectivity index (χ0n) is 19.6. The zero-order valence-corrected chi connectivity index (χ0v) is 19.6. The molecule has 1 aromatic heterocycles. The van der Waals surface area contributed by atoms with Crippen molar-refractivity contribution in [2.45, 2.75) is 12.8 Å². The van der Waals surface area contributed by atoms with E-state index >= 15 is 0 Å². The topological polar surface area (TPSA) is 88.6 Å². The van der Waals surface area contributed by atoms with E-state index in [1.165, 1.54) is 0 Å². The molecule has 2 heterocycles. The van der Waals surface area contributed by atoms with Crippen LogP contribution in [0, 0.1) is 0 Å². The molecule has 0 unspecified atom stereocenters. The lowest BCUT2D eigenvalue weighted by Crippen LogP contribution is -2.32. The van der Waals surface area contributed by atoms with Crippen LogP contribution in [0.25, 0.3) is 22.2 Å². The molecule has 2 amide bonds. The van der Waals surface area contributed by atoms with Crippen molar-refractivity contribution in [1.29, 1.82) is 0 Å². The van der Waals surface area contributed by atoms with Gasteiger partial charge in [-0.25, -0.2) is 9.78 Å². The Morgan fingerprint density at radius 3 is 2.33 bits per heavy atom. The Morgan fingerprint density at radius 1 is 0.833 bits per heavy atom. The van der Waals surface area contributed by atoms with Gasteiger partial charge < -0.3 is 15.0 Å². The molecule has 0 radical (unpaired) electrons. The number of amides is 2. The lowest BCUT2D eigenvalue weighted by atomic mass is 10.0. The van der Waals surface area contributed by atoms with Crippen molar-refractivity contribution in [2.24, 2.45) is 0 Å². The zero-order chi connectivity index (χ0) is 24.9. The molecule has 0 spiro atoms. The van der Waals surface area contributed by atoms with E-state index in [9.17, 15) is 14.4 Å². The summed E-state index contributed by atoms with van der Waals surface area (Å²) in [6, 6.07) is 25.4. The summed E-state index contributed by atoms with van der Waals surface area (Å²) in [5.74, 6) is -1.25. The summed E-state index contributed by atoms with van der Waals surface area (Å²) in [5.41, 5.74) is 3.19. The third kappa shape index (κ3) is 4.95. The van der Waals surface area contributed by atoms with Gasteiger partial charge in [0.05, 0.1) is 28.0 Å². The molecule has 1 fully saturated rings. The predicted molar refractivity (Wildman–Crippen MR) is 138 cm³/mol. The molecule has 0 saturated carbocycles. The fourth-order valence-corrected chi connectivity index (χ4v) is 4.34. The van der Waals surface area contributed by atoms with Crippen LogP contribution in [0.5, 0.6) is 0 Å². The van der Waals surface area contributed by atoms with E-state index in [2.05, 4.69) is 5.32 Å². The van der Waals surface area contributed by atoms with E-state index in [1.807, 2.05) is 54.6 Å². The highest BCUT2D eigenvalue weighted by molar-refractivity contribution is 6.14. The fraction of sp³-hybridized carbons (Fsp3) is 0.172. The second-order valence-electron chi connectivity index (χ2n) is 8.60. The number of rotatable bonds is 6. The Bertz CT molecular complexity index is 1430. The van der Waals surface area contributed by atoms with Gasteiger partial charge in [-0.1, -0.05) is 60.7 Å². The molecule has 1 saturated heterocycles. The molecule has 4 aromatic rings. The molecule has 1 aliphatic rings. The molecule has 7 nitrogen and oxygen atoms in total. The van der Waals surface area contributed by atoms with Gasteiger partial charge in [0.25, 0.3) is 11.8 Å². The van der Waals surface area contributed by atoms with E-state index in [0.29, 0.717) is 40.9 Å². The van der Waals surface area contributed by atoms with Gasteiger partial charge in [-0.2, -0.15) is 0 Å². The van der Waals surface area contributed by atoms with Crippen LogP contribution in [0.3, 0.4) is 0 Å². The molecule has 1 N–H and O–H groups in total. The van der Waals surface area contributed by atoms with Crippen LogP contribution in [0.15, 0.2) is 84.9 Å². The number of fused-ring (bicyclic) bond motifs is 1. The van der Waals surface area contributed by atoms with Gasteiger partial charge in [0, 0.05) is 24.0 Å². The summed E-state index contributed by atoms with van der Waals surface area (Å²) < 4.78 is 5.29. The monoisotopic (exact) mass is 479 g/mol. The normalized spacial score (nSPS) is 12.9. The number of nitrogens with zero attached hydrogens (tertiary/aromatic N) is 2. The number of ether oxygens (including phenoxy) is 1. The summed E-state index contributed by atoms with van der Waals surface area (Å²) in [5, 5.41) is 3.56. The van der Waals surface area contributed by atoms with Gasteiger partial charge in [0.15, 0.2) is 6.61 Å². The van der Waals surface area contributed by atoms with Crippen LogP contribution < -0.4 is 5.32 Å². The van der Waals surface area contributed by atoms with E-state index in [0.717, 1.165) is 18.4 Å².